The van der Waals surface area contributed by atoms with E-state index in [1.165, 1.54) is 0 Å². The Morgan fingerprint density at radius 3 is 1.92 bits per heavy atom. The van der Waals surface area contributed by atoms with E-state index in [2.05, 4.69) is 10.6 Å². The van der Waals surface area contributed by atoms with Crippen molar-refractivity contribution in [2.45, 2.75) is 45.4 Å². The Bertz CT molecular complexity index is 739. The fourth-order valence-corrected chi connectivity index (χ4v) is 2.46. The molecule has 0 aliphatic carbocycles. The van der Waals surface area contributed by atoms with Gasteiger partial charge >= 0.3 is 6.09 Å². The maximum atomic E-state index is 12.9. The van der Waals surface area contributed by atoms with Crippen molar-refractivity contribution >= 4 is 12.0 Å². The van der Waals surface area contributed by atoms with E-state index < -0.39 is 17.2 Å². The first-order valence-electron chi connectivity index (χ1n) is 8.58. The van der Waals surface area contributed by atoms with Crippen LogP contribution in [-0.4, -0.2) is 17.5 Å². The molecule has 0 spiro atoms. The van der Waals surface area contributed by atoms with Gasteiger partial charge in [-0.25, -0.2) is 4.79 Å². The van der Waals surface area contributed by atoms with Crippen LogP contribution in [0.2, 0.25) is 0 Å². The van der Waals surface area contributed by atoms with E-state index in [0.29, 0.717) is 5.56 Å². The van der Waals surface area contributed by atoms with Gasteiger partial charge in [0.15, 0.2) is 0 Å². The third kappa shape index (κ3) is 5.34. The Balaban J connectivity index is 2.16. The van der Waals surface area contributed by atoms with Gasteiger partial charge in [-0.2, -0.15) is 0 Å². The molecule has 0 radical (unpaired) electrons. The van der Waals surface area contributed by atoms with Gasteiger partial charge in [0.25, 0.3) is 5.91 Å². The molecular formula is C21H26N2O3. The largest absolute Gasteiger partial charge is 0.445 e. The Morgan fingerprint density at radius 1 is 0.846 bits per heavy atom. The number of carbonyl (C=O) groups is 2. The third-order valence-corrected chi connectivity index (χ3v) is 3.86. The van der Waals surface area contributed by atoms with Crippen LogP contribution in [0.25, 0.3) is 0 Å². The lowest BCUT2D eigenvalue weighted by Gasteiger charge is -2.33. The number of ether oxygens (including phenoxy) is 1. The number of hydrogen-bond donors (Lipinski definition) is 2. The predicted octanol–water partition coefficient (Wildman–Crippen LogP) is 3.74. The molecule has 0 saturated carbocycles. The highest BCUT2D eigenvalue weighted by atomic mass is 16.5. The standard InChI is InChI=1S/C21H26N2O3/c1-20(2,3)22-18(24)21(4,17-13-9-6-10-14-17)23-19(25)26-15-16-11-7-5-8-12-16/h5-14H,15H2,1-4H3,(H,22,24)(H,23,25)/t21-/m0/s1. The molecule has 2 amide bonds. The van der Waals surface area contributed by atoms with E-state index in [4.69, 9.17) is 4.74 Å². The molecule has 0 saturated heterocycles. The summed E-state index contributed by atoms with van der Waals surface area (Å²) in [6.45, 7) is 7.49. The summed E-state index contributed by atoms with van der Waals surface area (Å²) < 4.78 is 5.30. The quantitative estimate of drug-likeness (QED) is 0.859. The van der Waals surface area contributed by atoms with Crippen LogP contribution in [0, 0.1) is 0 Å². The fourth-order valence-electron chi connectivity index (χ4n) is 2.46. The zero-order chi connectivity index (χ0) is 19.2. The summed E-state index contributed by atoms with van der Waals surface area (Å²) in [4.78, 5) is 25.3. The molecule has 0 fully saturated rings. The van der Waals surface area contributed by atoms with Crippen molar-refractivity contribution in [1.82, 2.24) is 10.6 Å². The molecule has 5 nitrogen and oxygen atoms in total. The minimum atomic E-state index is -1.25. The second kappa shape index (κ2) is 8.04. The summed E-state index contributed by atoms with van der Waals surface area (Å²) in [6.07, 6.45) is -0.649. The van der Waals surface area contributed by atoms with E-state index in [1.807, 2.05) is 69.3 Å². The molecule has 0 bridgehead atoms. The molecule has 1 atom stereocenters. The molecule has 0 unspecified atom stereocenters. The van der Waals surface area contributed by atoms with Crippen molar-refractivity contribution < 1.29 is 14.3 Å². The van der Waals surface area contributed by atoms with Gasteiger partial charge in [0.05, 0.1) is 0 Å². The van der Waals surface area contributed by atoms with Crippen molar-refractivity contribution in [3.63, 3.8) is 0 Å². The Hall–Kier alpha value is -2.82. The first kappa shape index (κ1) is 19.5. The van der Waals surface area contributed by atoms with Crippen LogP contribution in [0.3, 0.4) is 0 Å². The lowest BCUT2D eigenvalue weighted by atomic mass is 9.90. The molecule has 0 aliphatic rings. The molecule has 26 heavy (non-hydrogen) atoms. The van der Waals surface area contributed by atoms with Crippen molar-refractivity contribution in [3.05, 3.63) is 71.8 Å². The van der Waals surface area contributed by atoms with E-state index in [1.54, 1.807) is 19.1 Å². The molecule has 0 heterocycles. The van der Waals surface area contributed by atoms with Gasteiger partial charge in [-0.05, 0) is 38.8 Å². The zero-order valence-corrected chi connectivity index (χ0v) is 15.7. The molecule has 2 aromatic carbocycles. The summed E-state index contributed by atoms with van der Waals surface area (Å²) >= 11 is 0. The normalized spacial score (nSPS) is 13.4. The average molecular weight is 354 g/mol. The lowest BCUT2D eigenvalue weighted by molar-refractivity contribution is -0.128. The van der Waals surface area contributed by atoms with Crippen LogP contribution in [0.5, 0.6) is 0 Å². The Labute approximate surface area is 154 Å². The monoisotopic (exact) mass is 354 g/mol. The number of hydrogen-bond acceptors (Lipinski definition) is 3. The molecular weight excluding hydrogens is 328 g/mol. The van der Waals surface area contributed by atoms with Crippen LogP contribution < -0.4 is 10.6 Å². The van der Waals surface area contributed by atoms with Crippen LogP contribution in [0.4, 0.5) is 4.79 Å². The number of amides is 2. The van der Waals surface area contributed by atoms with Crippen molar-refractivity contribution in [3.8, 4) is 0 Å². The van der Waals surface area contributed by atoms with E-state index >= 15 is 0 Å². The van der Waals surface area contributed by atoms with Crippen LogP contribution in [0.15, 0.2) is 60.7 Å². The van der Waals surface area contributed by atoms with Crippen molar-refractivity contribution in [2.24, 2.45) is 0 Å². The molecule has 5 heteroatoms. The second-order valence-corrected chi connectivity index (χ2v) is 7.38. The summed E-state index contributed by atoms with van der Waals surface area (Å²) in [7, 11) is 0. The van der Waals surface area contributed by atoms with E-state index in [9.17, 15) is 9.59 Å². The van der Waals surface area contributed by atoms with Crippen molar-refractivity contribution in [2.75, 3.05) is 0 Å². The highest BCUT2D eigenvalue weighted by molar-refractivity contribution is 5.91. The third-order valence-electron chi connectivity index (χ3n) is 3.86. The molecule has 0 aliphatic heterocycles. The highest BCUT2D eigenvalue weighted by Crippen LogP contribution is 2.22. The lowest BCUT2D eigenvalue weighted by Crippen LogP contribution is -2.58. The average Bonchev–Trinajstić information content (AvgIpc) is 2.60. The predicted molar refractivity (Wildman–Crippen MR) is 101 cm³/mol. The van der Waals surface area contributed by atoms with Gasteiger partial charge < -0.3 is 15.4 Å². The SMILES string of the molecule is CC(C)(C)NC(=O)[C@@](C)(NC(=O)OCc1ccccc1)c1ccccc1. The molecule has 2 rings (SSSR count). The summed E-state index contributed by atoms with van der Waals surface area (Å²) in [5.74, 6) is -0.298. The number of nitrogens with one attached hydrogen (secondary N) is 2. The van der Waals surface area contributed by atoms with Gasteiger partial charge in [-0.3, -0.25) is 4.79 Å². The van der Waals surface area contributed by atoms with E-state index in [0.717, 1.165) is 5.56 Å². The summed E-state index contributed by atoms with van der Waals surface area (Å²) in [5, 5.41) is 5.66. The summed E-state index contributed by atoms with van der Waals surface area (Å²) in [6, 6.07) is 18.5. The Morgan fingerprint density at radius 2 is 1.38 bits per heavy atom. The second-order valence-electron chi connectivity index (χ2n) is 7.38. The van der Waals surface area contributed by atoms with E-state index in [-0.39, 0.29) is 12.5 Å². The minimum Gasteiger partial charge on any atom is -0.445 e. The van der Waals surface area contributed by atoms with Crippen LogP contribution in [-0.2, 0) is 21.7 Å². The highest BCUT2D eigenvalue weighted by Gasteiger charge is 2.38. The van der Waals surface area contributed by atoms with Crippen LogP contribution in [0.1, 0.15) is 38.8 Å². The Kier molecular flexibility index (Phi) is 6.03. The maximum Gasteiger partial charge on any atom is 0.408 e. The first-order chi connectivity index (χ1) is 12.2. The summed E-state index contributed by atoms with van der Waals surface area (Å²) in [5.41, 5.74) is -0.118. The van der Waals surface area contributed by atoms with Crippen molar-refractivity contribution in [1.29, 1.82) is 0 Å². The number of benzene rings is 2. The fraction of sp³-hybridized carbons (Fsp3) is 0.333. The zero-order valence-electron chi connectivity index (χ0n) is 15.7. The number of alkyl carbamates (subject to hydrolysis) is 1. The topological polar surface area (TPSA) is 67.4 Å². The van der Waals surface area contributed by atoms with Gasteiger partial charge in [-0.1, -0.05) is 60.7 Å². The molecule has 138 valence electrons. The molecule has 2 N–H and O–H groups in total. The minimum absolute atomic E-state index is 0.137. The molecule has 0 aromatic heterocycles. The first-order valence-corrected chi connectivity index (χ1v) is 8.58. The van der Waals surface area contributed by atoms with Gasteiger partial charge in [0, 0.05) is 5.54 Å². The van der Waals surface area contributed by atoms with Gasteiger partial charge in [0.2, 0.25) is 0 Å². The maximum absolute atomic E-state index is 12.9. The molecule has 2 aromatic rings. The van der Waals surface area contributed by atoms with Gasteiger partial charge in [-0.15, -0.1) is 0 Å². The number of carbonyl (C=O) groups excluding carboxylic acids is 2. The van der Waals surface area contributed by atoms with Crippen LogP contribution >= 0.6 is 0 Å². The van der Waals surface area contributed by atoms with Gasteiger partial charge in [0.1, 0.15) is 12.1 Å². The smallest absolute Gasteiger partial charge is 0.408 e. The number of rotatable bonds is 5.